The summed E-state index contributed by atoms with van der Waals surface area (Å²) < 4.78 is 11.5. The van der Waals surface area contributed by atoms with E-state index in [9.17, 15) is 0 Å². The molecule has 0 saturated carbocycles. The van der Waals surface area contributed by atoms with Crippen molar-refractivity contribution in [2.45, 2.75) is 33.4 Å². The Morgan fingerprint density at radius 1 is 1.03 bits per heavy atom. The molecule has 0 spiro atoms. The van der Waals surface area contributed by atoms with Crippen molar-refractivity contribution < 1.29 is 9.26 Å². The number of hydrogen-bond donors (Lipinski definition) is 0. The Hall–Kier alpha value is -3.74. The standard InChI is InChI=1S/C24H23N5O2/c1-16-6-7-19(12-26-16)24-21(17(2)31-28-24)15-30-23-11-18-8-10-29(14-20(18)13-27-23)22-5-3-4-9-25-22/h3-7,9,11-13H,8,10,14-15H2,1-2H3. The quantitative estimate of drug-likeness (QED) is 0.483. The van der Waals surface area contributed by atoms with Gasteiger partial charge in [-0.1, -0.05) is 11.2 Å². The molecule has 5 rings (SSSR count). The summed E-state index contributed by atoms with van der Waals surface area (Å²) in [5.41, 5.74) is 6.01. The summed E-state index contributed by atoms with van der Waals surface area (Å²) in [6, 6.07) is 12.0. The van der Waals surface area contributed by atoms with Crippen LogP contribution in [0.15, 0.2) is 59.5 Å². The number of nitrogens with zero attached hydrogens (tertiary/aromatic N) is 5. The minimum atomic E-state index is 0.338. The van der Waals surface area contributed by atoms with E-state index in [4.69, 9.17) is 9.26 Å². The van der Waals surface area contributed by atoms with Crippen molar-refractivity contribution in [2.24, 2.45) is 0 Å². The van der Waals surface area contributed by atoms with Gasteiger partial charge in [-0.15, -0.1) is 0 Å². The van der Waals surface area contributed by atoms with Crippen molar-refractivity contribution >= 4 is 5.82 Å². The SMILES string of the molecule is Cc1ccc(-c2noc(C)c2COc2cc3c(cn2)CN(c2ccccn2)CC3)cn1. The molecule has 0 saturated heterocycles. The van der Waals surface area contributed by atoms with E-state index in [1.54, 1.807) is 6.20 Å². The highest BCUT2D eigenvalue weighted by Crippen LogP contribution is 2.28. The van der Waals surface area contributed by atoms with E-state index in [0.29, 0.717) is 12.5 Å². The lowest BCUT2D eigenvalue weighted by Gasteiger charge is -2.29. The molecule has 4 aromatic heterocycles. The summed E-state index contributed by atoms with van der Waals surface area (Å²) in [6.45, 7) is 5.91. The van der Waals surface area contributed by atoms with Crippen molar-refractivity contribution in [3.63, 3.8) is 0 Å². The average Bonchev–Trinajstić information content (AvgIpc) is 3.18. The second-order valence-corrected chi connectivity index (χ2v) is 7.69. The molecule has 1 aliphatic rings. The molecular weight excluding hydrogens is 390 g/mol. The molecule has 0 aromatic carbocycles. The van der Waals surface area contributed by atoms with Crippen LogP contribution in [0, 0.1) is 13.8 Å². The Morgan fingerprint density at radius 2 is 1.97 bits per heavy atom. The average molecular weight is 413 g/mol. The summed E-state index contributed by atoms with van der Waals surface area (Å²) >= 11 is 0. The Morgan fingerprint density at radius 3 is 2.77 bits per heavy atom. The number of pyridine rings is 3. The third kappa shape index (κ3) is 3.99. The molecule has 7 nitrogen and oxygen atoms in total. The van der Waals surface area contributed by atoms with Crippen molar-refractivity contribution in [3.05, 3.63) is 83.1 Å². The van der Waals surface area contributed by atoms with Crippen molar-refractivity contribution in [1.29, 1.82) is 0 Å². The van der Waals surface area contributed by atoms with E-state index >= 15 is 0 Å². The van der Waals surface area contributed by atoms with Crippen LogP contribution in [-0.4, -0.2) is 26.7 Å². The largest absolute Gasteiger partial charge is 0.473 e. The van der Waals surface area contributed by atoms with E-state index in [-0.39, 0.29) is 0 Å². The first kappa shape index (κ1) is 19.2. The highest BCUT2D eigenvalue weighted by molar-refractivity contribution is 5.62. The minimum absolute atomic E-state index is 0.338. The van der Waals surface area contributed by atoms with Crippen LogP contribution in [0.2, 0.25) is 0 Å². The number of fused-ring (bicyclic) bond motifs is 1. The van der Waals surface area contributed by atoms with Crippen molar-refractivity contribution in [2.75, 3.05) is 11.4 Å². The molecule has 0 atom stereocenters. The lowest BCUT2D eigenvalue weighted by molar-refractivity contribution is 0.290. The van der Waals surface area contributed by atoms with Crippen LogP contribution in [0.5, 0.6) is 5.88 Å². The minimum Gasteiger partial charge on any atom is -0.473 e. The number of ether oxygens (including phenoxy) is 1. The smallest absolute Gasteiger partial charge is 0.213 e. The van der Waals surface area contributed by atoms with Gasteiger partial charge in [0.25, 0.3) is 0 Å². The van der Waals surface area contributed by atoms with Crippen molar-refractivity contribution in [3.8, 4) is 17.1 Å². The van der Waals surface area contributed by atoms with E-state index in [0.717, 1.165) is 53.6 Å². The molecule has 156 valence electrons. The molecule has 0 aliphatic carbocycles. The summed E-state index contributed by atoms with van der Waals surface area (Å²) in [5, 5.41) is 4.21. The van der Waals surface area contributed by atoms with Crippen LogP contribution >= 0.6 is 0 Å². The van der Waals surface area contributed by atoms with Gasteiger partial charge in [-0.25, -0.2) is 9.97 Å². The van der Waals surface area contributed by atoms with Crippen LogP contribution in [0.1, 0.15) is 28.1 Å². The maximum absolute atomic E-state index is 6.04. The first-order valence-corrected chi connectivity index (χ1v) is 10.3. The zero-order valence-corrected chi connectivity index (χ0v) is 17.6. The maximum Gasteiger partial charge on any atom is 0.213 e. The fourth-order valence-corrected chi connectivity index (χ4v) is 3.78. The summed E-state index contributed by atoms with van der Waals surface area (Å²) in [7, 11) is 0. The Balaban J connectivity index is 1.31. The Kier molecular flexibility index (Phi) is 5.08. The molecule has 7 heteroatoms. The zero-order chi connectivity index (χ0) is 21.2. The number of anilines is 1. The molecule has 0 fully saturated rings. The molecule has 4 aromatic rings. The number of aryl methyl sites for hydroxylation is 2. The Labute approximate surface area is 180 Å². The van der Waals surface area contributed by atoms with Gasteiger partial charge in [-0.3, -0.25) is 4.98 Å². The molecule has 0 N–H and O–H groups in total. The van der Waals surface area contributed by atoms with E-state index < -0.39 is 0 Å². The third-order valence-corrected chi connectivity index (χ3v) is 5.58. The molecular formula is C24H23N5O2. The molecule has 0 radical (unpaired) electrons. The molecule has 31 heavy (non-hydrogen) atoms. The van der Waals surface area contributed by atoms with E-state index in [2.05, 4.69) is 25.0 Å². The van der Waals surface area contributed by atoms with Gasteiger partial charge in [0, 0.05) is 49.0 Å². The molecule has 1 aliphatic heterocycles. The van der Waals surface area contributed by atoms with Crippen LogP contribution in [0.25, 0.3) is 11.3 Å². The highest BCUT2D eigenvalue weighted by atomic mass is 16.5. The first-order chi connectivity index (χ1) is 15.2. The molecule has 0 bridgehead atoms. The fourth-order valence-electron chi connectivity index (χ4n) is 3.78. The van der Waals surface area contributed by atoms with Gasteiger partial charge in [0.1, 0.15) is 23.9 Å². The van der Waals surface area contributed by atoms with Gasteiger partial charge in [-0.2, -0.15) is 0 Å². The van der Waals surface area contributed by atoms with Crippen LogP contribution < -0.4 is 9.64 Å². The van der Waals surface area contributed by atoms with Gasteiger partial charge in [0.15, 0.2) is 0 Å². The topological polar surface area (TPSA) is 77.2 Å². The second kappa shape index (κ2) is 8.18. The number of hydrogen-bond acceptors (Lipinski definition) is 7. The molecule has 0 amide bonds. The molecule has 0 unspecified atom stereocenters. The number of rotatable bonds is 5. The van der Waals surface area contributed by atoms with Gasteiger partial charge < -0.3 is 14.2 Å². The molecule has 5 heterocycles. The predicted molar refractivity (Wildman–Crippen MR) is 117 cm³/mol. The highest BCUT2D eigenvalue weighted by Gasteiger charge is 2.20. The van der Waals surface area contributed by atoms with Gasteiger partial charge in [0.2, 0.25) is 5.88 Å². The lowest BCUT2D eigenvalue weighted by Crippen LogP contribution is -2.31. The van der Waals surface area contributed by atoms with Crippen molar-refractivity contribution in [1.82, 2.24) is 20.1 Å². The van der Waals surface area contributed by atoms with Gasteiger partial charge in [-0.05, 0) is 55.7 Å². The number of aromatic nitrogens is 4. The monoisotopic (exact) mass is 413 g/mol. The zero-order valence-electron chi connectivity index (χ0n) is 17.6. The van der Waals surface area contributed by atoms with Gasteiger partial charge >= 0.3 is 0 Å². The van der Waals surface area contributed by atoms with Crippen LogP contribution in [-0.2, 0) is 19.6 Å². The van der Waals surface area contributed by atoms with Crippen LogP contribution in [0.3, 0.4) is 0 Å². The summed E-state index contributed by atoms with van der Waals surface area (Å²) in [6.07, 6.45) is 6.47. The third-order valence-electron chi connectivity index (χ3n) is 5.58. The predicted octanol–water partition coefficient (Wildman–Crippen LogP) is 4.29. The first-order valence-electron chi connectivity index (χ1n) is 10.3. The second-order valence-electron chi connectivity index (χ2n) is 7.69. The normalized spacial score (nSPS) is 13.2. The maximum atomic E-state index is 6.04. The van der Waals surface area contributed by atoms with E-state index in [1.165, 1.54) is 11.1 Å². The van der Waals surface area contributed by atoms with Crippen LogP contribution in [0.4, 0.5) is 5.82 Å². The fraction of sp³-hybridized carbons (Fsp3) is 0.250. The summed E-state index contributed by atoms with van der Waals surface area (Å²) in [4.78, 5) is 15.6. The summed E-state index contributed by atoms with van der Waals surface area (Å²) in [5.74, 6) is 2.34. The van der Waals surface area contributed by atoms with E-state index in [1.807, 2.05) is 62.6 Å². The van der Waals surface area contributed by atoms with Gasteiger partial charge in [0.05, 0.1) is 5.56 Å². The lowest BCUT2D eigenvalue weighted by atomic mass is 10.0. The Bertz CT molecular complexity index is 1190.